The zero-order valence-corrected chi connectivity index (χ0v) is 5.97. The maximum Gasteiger partial charge on any atom is 0.219 e. The molecule has 0 saturated carbocycles. The number of aliphatic hydroxyl groups is 3. The van der Waals surface area contributed by atoms with Gasteiger partial charge in [-0.15, -0.1) is 0 Å². The molecule has 0 aromatic rings. The van der Waals surface area contributed by atoms with Gasteiger partial charge in [-0.1, -0.05) is 0 Å². The number of ether oxygens (including phenoxy) is 1. The largest absolute Gasteiger partial charge is 0.387 e. The van der Waals surface area contributed by atoms with Gasteiger partial charge in [0.1, 0.15) is 12.2 Å². The molecule has 0 aromatic carbocycles. The van der Waals surface area contributed by atoms with Crippen molar-refractivity contribution < 1.29 is 24.9 Å². The lowest BCUT2D eigenvalue weighted by Crippen LogP contribution is -2.53. The molecule has 11 heavy (non-hydrogen) atoms. The predicted octanol–water partition coefficient (Wildman–Crippen LogP) is -1.99. The van der Waals surface area contributed by atoms with Crippen LogP contribution in [0.1, 0.15) is 6.92 Å². The standard InChI is InChI=1S/C6H10O5/c1-2-3(7)4(8)5(9)6(10)11-2/h2-4,6-8,10H,1H3/t2-,3-,4+,6-/m1/s1. The Kier molecular flexibility index (Phi) is 2.24. The van der Waals surface area contributed by atoms with Crippen LogP contribution in [0.15, 0.2) is 0 Å². The number of carbonyl (C=O) groups is 1. The summed E-state index contributed by atoms with van der Waals surface area (Å²) in [7, 11) is 0. The number of rotatable bonds is 0. The Morgan fingerprint density at radius 2 is 1.91 bits per heavy atom. The summed E-state index contributed by atoms with van der Waals surface area (Å²) in [5.41, 5.74) is 0. The van der Waals surface area contributed by atoms with E-state index in [9.17, 15) is 4.79 Å². The smallest absolute Gasteiger partial charge is 0.219 e. The van der Waals surface area contributed by atoms with Gasteiger partial charge in [0, 0.05) is 0 Å². The molecule has 1 aliphatic heterocycles. The molecule has 1 aliphatic rings. The van der Waals surface area contributed by atoms with Gasteiger partial charge in [-0.2, -0.15) is 0 Å². The molecule has 0 amide bonds. The molecule has 0 radical (unpaired) electrons. The predicted molar refractivity (Wildman–Crippen MR) is 33.6 cm³/mol. The van der Waals surface area contributed by atoms with Gasteiger partial charge in [-0.3, -0.25) is 4.79 Å². The molecule has 1 saturated heterocycles. The topological polar surface area (TPSA) is 87.0 Å². The summed E-state index contributed by atoms with van der Waals surface area (Å²) in [6.07, 6.45) is -5.11. The number of ketones is 1. The Bertz CT molecular complexity index is 168. The van der Waals surface area contributed by atoms with Crippen molar-refractivity contribution in [1.82, 2.24) is 0 Å². The second-order valence-electron chi connectivity index (χ2n) is 2.53. The van der Waals surface area contributed by atoms with Crippen LogP contribution in [0.2, 0.25) is 0 Å². The SMILES string of the molecule is C[C@H]1O[C@@H](O)C(=O)[C@@H](O)[C@@H]1O. The molecule has 4 atom stereocenters. The van der Waals surface area contributed by atoms with Crippen molar-refractivity contribution >= 4 is 5.78 Å². The van der Waals surface area contributed by atoms with Gasteiger partial charge in [0.2, 0.25) is 12.1 Å². The number of aliphatic hydroxyl groups excluding tert-OH is 3. The first-order valence-electron chi connectivity index (χ1n) is 3.27. The highest BCUT2D eigenvalue weighted by molar-refractivity contribution is 5.87. The Balaban J connectivity index is 2.70. The summed E-state index contributed by atoms with van der Waals surface area (Å²) in [5.74, 6) is -0.893. The monoisotopic (exact) mass is 162 g/mol. The fourth-order valence-electron chi connectivity index (χ4n) is 0.922. The van der Waals surface area contributed by atoms with Gasteiger partial charge in [-0.05, 0) is 6.92 Å². The van der Waals surface area contributed by atoms with E-state index >= 15 is 0 Å². The fourth-order valence-corrected chi connectivity index (χ4v) is 0.922. The maximum atomic E-state index is 10.7. The highest BCUT2D eigenvalue weighted by Gasteiger charge is 2.40. The molecule has 0 spiro atoms. The van der Waals surface area contributed by atoms with Crippen LogP contribution in [0.3, 0.4) is 0 Å². The van der Waals surface area contributed by atoms with E-state index in [-0.39, 0.29) is 0 Å². The summed E-state index contributed by atoms with van der Waals surface area (Å²) in [6.45, 7) is 1.46. The summed E-state index contributed by atoms with van der Waals surface area (Å²) in [6, 6.07) is 0. The fraction of sp³-hybridized carbons (Fsp3) is 0.833. The second kappa shape index (κ2) is 2.86. The van der Waals surface area contributed by atoms with Gasteiger partial charge in [0.15, 0.2) is 0 Å². The first-order valence-corrected chi connectivity index (χ1v) is 3.27. The van der Waals surface area contributed by atoms with Gasteiger partial charge >= 0.3 is 0 Å². The Labute approximate surface area is 63.2 Å². The molecule has 0 bridgehead atoms. The van der Waals surface area contributed by atoms with Crippen LogP contribution in [0.25, 0.3) is 0 Å². The summed E-state index contributed by atoms with van der Waals surface area (Å²) in [4.78, 5) is 10.7. The molecule has 0 aromatic heterocycles. The molecule has 5 heteroatoms. The minimum Gasteiger partial charge on any atom is -0.387 e. The van der Waals surface area contributed by atoms with Gasteiger partial charge in [-0.25, -0.2) is 0 Å². The second-order valence-corrected chi connectivity index (χ2v) is 2.53. The molecule has 1 rings (SSSR count). The van der Waals surface area contributed by atoms with Crippen molar-refractivity contribution in [3.05, 3.63) is 0 Å². The third-order valence-electron chi connectivity index (χ3n) is 1.68. The average Bonchev–Trinajstić information content (AvgIpc) is 1.97. The Morgan fingerprint density at radius 3 is 2.45 bits per heavy atom. The molecule has 3 N–H and O–H groups in total. The number of hydrogen-bond donors (Lipinski definition) is 3. The van der Waals surface area contributed by atoms with Crippen molar-refractivity contribution in [3.63, 3.8) is 0 Å². The first-order chi connectivity index (χ1) is 5.04. The van der Waals surface area contributed by atoms with E-state index < -0.39 is 30.4 Å². The molecule has 5 nitrogen and oxygen atoms in total. The maximum absolute atomic E-state index is 10.7. The number of Topliss-reactive ketones (excluding diaryl/α,β-unsaturated/α-hetero) is 1. The minimum absolute atomic E-state index is 0.724. The number of carbonyl (C=O) groups excluding carboxylic acids is 1. The number of hydrogen-bond acceptors (Lipinski definition) is 5. The zero-order valence-electron chi connectivity index (χ0n) is 5.97. The van der Waals surface area contributed by atoms with E-state index in [2.05, 4.69) is 4.74 Å². The van der Waals surface area contributed by atoms with E-state index in [0.717, 1.165) is 0 Å². The molecule has 1 fully saturated rings. The van der Waals surface area contributed by atoms with Gasteiger partial charge in [0.25, 0.3) is 0 Å². The zero-order chi connectivity index (χ0) is 8.59. The third-order valence-corrected chi connectivity index (χ3v) is 1.68. The first kappa shape index (κ1) is 8.61. The lowest BCUT2D eigenvalue weighted by Gasteiger charge is -2.31. The van der Waals surface area contributed by atoms with Crippen LogP contribution in [0, 0.1) is 0 Å². The average molecular weight is 162 g/mol. The quantitative estimate of drug-likeness (QED) is 0.384. The van der Waals surface area contributed by atoms with Gasteiger partial charge < -0.3 is 20.1 Å². The summed E-state index contributed by atoms with van der Waals surface area (Å²) >= 11 is 0. The van der Waals surface area contributed by atoms with Crippen LogP contribution < -0.4 is 0 Å². The molecule has 64 valence electrons. The lowest BCUT2D eigenvalue weighted by molar-refractivity contribution is -0.217. The van der Waals surface area contributed by atoms with E-state index in [4.69, 9.17) is 15.3 Å². The van der Waals surface area contributed by atoms with Crippen molar-refractivity contribution in [2.24, 2.45) is 0 Å². The molecule has 0 aliphatic carbocycles. The van der Waals surface area contributed by atoms with Crippen LogP contribution in [0.4, 0.5) is 0 Å². The highest BCUT2D eigenvalue weighted by atomic mass is 16.6. The highest BCUT2D eigenvalue weighted by Crippen LogP contribution is 2.15. The Morgan fingerprint density at radius 1 is 1.36 bits per heavy atom. The van der Waals surface area contributed by atoms with Crippen LogP contribution in [0.5, 0.6) is 0 Å². The molecular formula is C6H10O5. The van der Waals surface area contributed by atoms with Crippen molar-refractivity contribution in [2.45, 2.75) is 31.5 Å². The van der Waals surface area contributed by atoms with E-state index in [0.29, 0.717) is 0 Å². The summed E-state index contributed by atoms with van der Waals surface area (Å²) < 4.78 is 4.58. The lowest BCUT2D eigenvalue weighted by atomic mass is 10.0. The van der Waals surface area contributed by atoms with Crippen molar-refractivity contribution in [1.29, 1.82) is 0 Å². The van der Waals surface area contributed by atoms with E-state index in [1.807, 2.05) is 0 Å². The van der Waals surface area contributed by atoms with Crippen molar-refractivity contribution in [2.75, 3.05) is 0 Å². The van der Waals surface area contributed by atoms with E-state index in [1.165, 1.54) is 6.92 Å². The summed E-state index contributed by atoms with van der Waals surface area (Å²) in [5, 5.41) is 26.8. The minimum atomic E-state index is -1.61. The van der Waals surface area contributed by atoms with Crippen LogP contribution >= 0.6 is 0 Å². The van der Waals surface area contributed by atoms with Crippen LogP contribution in [-0.4, -0.2) is 45.7 Å². The van der Waals surface area contributed by atoms with Crippen molar-refractivity contribution in [3.8, 4) is 0 Å². The molecule has 1 heterocycles. The normalized spacial score (nSPS) is 46.0. The third kappa shape index (κ3) is 1.41. The Hall–Kier alpha value is -0.490. The molecule has 0 unspecified atom stereocenters. The molecular weight excluding hydrogens is 152 g/mol. The van der Waals surface area contributed by atoms with E-state index in [1.54, 1.807) is 0 Å². The van der Waals surface area contributed by atoms with Gasteiger partial charge in [0.05, 0.1) is 6.10 Å². The van der Waals surface area contributed by atoms with Crippen LogP contribution in [-0.2, 0) is 9.53 Å².